The maximum atomic E-state index is 5.39. The number of rotatable bonds is 3. The number of fused-ring (bicyclic) bond motifs is 6. The summed E-state index contributed by atoms with van der Waals surface area (Å²) in [6.07, 6.45) is 1.86. The Morgan fingerprint density at radius 1 is 0.447 bits per heavy atom. The highest BCUT2D eigenvalue weighted by Gasteiger charge is 2.29. The van der Waals surface area contributed by atoms with Crippen LogP contribution in [0.3, 0.4) is 0 Å². The van der Waals surface area contributed by atoms with Gasteiger partial charge in [0.15, 0.2) is 0 Å². The quantitative estimate of drug-likeness (QED) is 0.203. The van der Waals surface area contributed by atoms with Crippen molar-refractivity contribution in [3.05, 3.63) is 158 Å². The summed E-state index contributed by atoms with van der Waals surface area (Å²) in [4.78, 5) is 17.6. The molecule has 0 saturated carbocycles. The predicted molar refractivity (Wildman–Crippen MR) is 194 cm³/mol. The van der Waals surface area contributed by atoms with Crippen molar-refractivity contribution in [2.45, 2.75) is 0 Å². The van der Waals surface area contributed by atoms with Gasteiger partial charge >= 0.3 is 0 Å². The molecule has 4 nitrogen and oxygen atoms in total. The molecule has 1 aliphatic rings. The van der Waals surface area contributed by atoms with E-state index in [1.807, 2.05) is 18.3 Å². The van der Waals surface area contributed by atoms with Gasteiger partial charge in [-0.1, -0.05) is 127 Å². The van der Waals surface area contributed by atoms with E-state index in [9.17, 15) is 0 Å². The molecule has 9 aromatic rings. The zero-order chi connectivity index (χ0) is 30.9. The molecule has 0 bridgehead atoms. The lowest BCUT2D eigenvalue weighted by Crippen LogP contribution is -2.18. The SMILES string of the molecule is c1ccc2c3c(ccc2c1)N(c1nc(-c2ccc(-c4cccc5cccnc45)cc2)c2ccccc2n1)c1cccc2cccc-3c12. The van der Waals surface area contributed by atoms with Gasteiger partial charge in [0.1, 0.15) is 0 Å². The Morgan fingerprint density at radius 2 is 1.15 bits per heavy atom. The van der Waals surface area contributed by atoms with Crippen molar-refractivity contribution in [1.82, 2.24) is 15.0 Å². The normalized spacial score (nSPS) is 12.2. The van der Waals surface area contributed by atoms with Gasteiger partial charge in [-0.25, -0.2) is 9.97 Å². The van der Waals surface area contributed by atoms with Gasteiger partial charge in [-0.15, -0.1) is 0 Å². The first-order valence-corrected chi connectivity index (χ1v) is 15.9. The summed E-state index contributed by atoms with van der Waals surface area (Å²) in [6, 6.07) is 53.6. The van der Waals surface area contributed by atoms with E-state index in [0.29, 0.717) is 5.95 Å². The molecule has 0 saturated heterocycles. The maximum absolute atomic E-state index is 5.39. The first-order valence-electron chi connectivity index (χ1n) is 15.9. The van der Waals surface area contributed by atoms with Crippen molar-refractivity contribution in [1.29, 1.82) is 0 Å². The number of anilines is 3. The van der Waals surface area contributed by atoms with Gasteiger partial charge in [-0.2, -0.15) is 0 Å². The molecule has 0 atom stereocenters. The number of aromatic nitrogens is 3. The molecule has 0 fully saturated rings. The Labute approximate surface area is 271 Å². The van der Waals surface area contributed by atoms with E-state index < -0.39 is 0 Å². The van der Waals surface area contributed by atoms with Crippen LogP contribution in [0.2, 0.25) is 0 Å². The zero-order valence-electron chi connectivity index (χ0n) is 25.3. The molecule has 0 aliphatic carbocycles. The predicted octanol–water partition coefficient (Wildman–Crippen LogP) is 11.3. The van der Waals surface area contributed by atoms with Crippen molar-refractivity contribution in [3.8, 4) is 33.5 Å². The number of hydrogen-bond acceptors (Lipinski definition) is 4. The number of para-hydroxylation sites is 2. The number of benzene rings is 7. The fourth-order valence-electron chi connectivity index (χ4n) is 7.32. The smallest absolute Gasteiger partial charge is 0.235 e. The van der Waals surface area contributed by atoms with E-state index in [2.05, 4.69) is 149 Å². The maximum Gasteiger partial charge on any atom is 0.235 e. The third kappa shape index (κ3) is 3.92. The first kappa shape index (κ1) is 25.9. The van der Waals surface area contributed by atoms with Crippen LogP contribution in [0, 0.1) is 0 Å². The minimum absolute atomic E-state index is 0.652. The molecule has 0 unspecified atom stereocenters. The van der Waals surface area contributed by atoms with E-state index in [-0.39, 0.29) is 0 Å². The van der Waals surface area contributed by atoms with Crippen molar-refractivity contribution >= 4 is 60.7 Å². The highest BCUT2D eigenvalue weighted by atomic mass is 15.3. The Morgan fingerprint density at radius 3 is 2.04 bits per heavy atom. The topological polar surface area (TPSA) is 41.9 Å². The molecule has 4 heteroatoms. The van der Waals surface area contributed by atoms with Gasteiger partial charge in [0, 0.05) is 39.0 Å². The number of hydrogen-bond donors (Lipinski definition) is 0. The molecule has 47 heavy (non-hydrogen) atoms. The van der Waals surface area contributed by atoms with Crippen molar-refractivity contribution < 1.29 is 0 Å². The van der Waals surface area contributed by atoms with Crippen LogP contribution in [0.1, 0.15) is 0 Å². The van der Waals surface area contributed by atoms with Crippen LogP contribution in [0.4, 0.5) is 17.3 Å². The van der Waals surface area contributed by atoms with E-state index in [0.717, 1.165) is 55.6 Å². The van der Waals surface area contributed by atoms with Gasteiger partial charge in [-0.05, 0) is 51.6 Å². The second-order valence-corrected chi connectivity index (χ2v) is 12.0. The van der Waals surface area contributed by atoms with Crippen LogP contribution in [-0.2, 0) is 0 Å². The lowest BCUT2D eigenvalue weighted by atomic mass is 9.88. The molecule has 0 N–H and O–H groups in total. The summed E-state index contributed by atoms with van der Waals surface area (Å²) in [5.74, 6) is 0.652. The van der Waals surface area contributed by atoms with E-state index in [1.54, 1.807) is 0 Å². The second-order valence-electron chi connectivity index (χ2n) is 12.0. The molecule has 218 valence electrons. The molecule has 10 rings (SSSR count). The van der Waals surface area contributed by atoms with Gasteiger partial charge in [0.25, 0.3) is 0 Å². The highest BCUT2D eigenvalue weighted by molar-refractivity contribution is 6.19. The summed E-state index contributed by atoms with van der Waals surface area (Å²) in [5.41, 5.74) is 10.7. The Bertz CT molecular complexity index is 2680. The number of nitrogens with zero attached hydrogens (tertiary/aromatic N) is 4. The molecule has 2 aromatic heterocycles. The molecule has 1 aliphatic heterocycles. The van der Waals surface area contributed by atoms with Crippen LogP contribution >= 0.6 is 0 Å². The van der Waals surface area contributed by atoms with Crippen LogP contribution in [-0.4, -0.2) is 15.0 Å². The zero-order valence-corrected chi connectivity index (χ0v) is 25.3. The van der Waals surface area contributed by atoms with Crippen molar-refractivity contribution in [2.24, 2.45) is 0 Å². The van der Waals surface area contributed by atoms with Crippen LogP contribution < -0.4 is 4.90 Å². The van der Waals surface area contributed by atoms with E-state index in [4.69, 9.17) is 9.97 Å². The molecule has 0 radical (unpaired) electrons. The average molecular weight is 599 g/mol. The minimum Gasteiger partial charge on any atom is -0.278 e. The Kier molecular flexibility index (Phi) is 5.54. The molecule has 0 amide bonds. The summed E-state index contributed by atoms with van der Waals surface area (Å²) < 4.78 is 0. The van der Waals surface area contributed by atoms with Crippen molar-refractivity contribution in [3.63, 3.8) is 0 Å². The monoisotopic (exact) mass is 598 g/mol. The summed E-state index contributed by atoms with van der Waals surface area (Å²) in [7, 11) is 0. The Balaban J connectivity index is 1.20. The molecule has 7 aromatic carbocycles. The highest BCUT2D eigenvalue weighted by Crippen LogP contribution is 2.52. The van der Waals surface area contributed by atoms with Crippen LogP contribution in [0.5, 0.6) is 0 Å². The standard InChI is InChI=1S/C43H26N4/c1-2-14-32-27(9-1)24-25-38-40(32)35-17-5-10-29-11-7-19-37(39(29)35)47(38)43-45-36-18-4-3-15-34(36)42(46-43)31-22-20-28(21-23-31)33-16-6-12-30-13-8-26-44-41(30)33/h1-26H. The lowest BCUT2D eigenvalue weighted by molar-refractivity contribution is 1.11. The summed E-state index contributed by atoms with van der Waals surface area (Å²) in [5, 5.41) is 6.99. The van der Waals surface area contributed by atoms with Gasteiger partial charge in [0.2, 0.25) is 5.95 Å². The van der Waals surface area contributed by atoms with Gasteiger partial charge < -0.3 is 0 Å². The molecular formula is C43H26N4. The third-order valence-electron chi connectivity index (χ3n) is 9.43. The molecular weight excluding hydrogens is 573 g/mol. The fraction of sp³-hybridized carbons (Fsp3) is 0. The van der Waals surface area contributed by atoms with E-state index >= 15 is 0 Å². The van der Waals surface area contributed by atoms with Crippen molar-refractivity contribution in [2.75, 3.05) is 4.90 Å². The lowest BCUT2D eigenvalue weighted by Gasteiger charge is -2.33. The molecule has 0 spiro atoms. The second kappa shape index (κ2) is 10.1. The number of pyridine rings is 1. The van der Waals surface area contributed by atoms with Gasteiger partial charge in [0.05, 0.1) is 28.1 Å². The van der Waals surface area contributed by atoms with E-state index in [1.165, 1.54) is 32.7 Å². The average Bonchev–Trinajstić information content (AvgIpc) is 3.14. The summed E-state index contributed by atoms with van der Waals surface area (Å²) in [6.45, 7) is 0. The van der Waals surface area contributed by atoms with Gasteiger partial charge in [-0.3, -0.25) is 9.88 Å². The largest absolute Gasteiger partial charge is 0.278 e. The minimum atomic E-state index is 0.652. The Hall–Kier alpha value is -6.39. The first-order chi connectivity index (χ1) is 23.3. The fourth-order valence-corrected chi connectivity index (χ4v) is 7.32. The molecule has 3 heterocycles. The van der Waals surface area contributed by atoms with Crippen LogP contribution in [0.15, 0.2) is 158 Å². The summed E-state index contributed by atoms with van der Waals surface area (Å²) >= 11 is 0. The van der Waals surface area contributed by atoms with Crippen LogP contribution in [0.25, 0.3) is 76.9 Å². The third-order valence-corrected chi connectivity index (χ3v) is 9.43.